The number of amides is 2. The number of aromatic nitrogens is 1. The fourth-order valence-electron chi connectivity index (χ4n) is 2.98. The number of rotatable bonds is 7. The molecule has 0 unspecified atom stereocenters. The summed E-state index contributed by atoms with van der Waals surface area (Å²) in [6.07, 6.45) is 2.21. The number of nitrogens with zero attached hydrogens (tertiary/aromatic N) is 3. The second kappa shape index (κ2) is 8.82. The molecule has 1 aromatic heterocycles. The Balaban J connectivity index is 1.69. The summed E-state index contributed by atoms with van der Waals surface area (Å²) in [5, 5.41) is 6.47. The Morgan fingerprint density at radius 3 is 2.46 bits per heavy atom. The van der Waals surface area contributed by atoms with Crippen molar-refractivity contribution in [2.24, 2.45) is 5.92 Å². The van der Waals surface area contributed by atoms with Crippen LogP contribution >= 0.6 is 0 Å². The smallest absolute Gasteiger partial charge is 0.226 e. The third kappa shape index (κ3) is 5.06. The van der Waals surface area contributed by atoms with Gasteiger partial charge in [-0.1, -0.05) is 19.0 Å². The lowest BCUT2D eigenvalue weighted by Crippen LogP contribution is -2.50. The maximum absolute atomic E-state index is 12.4. The molecule has 7 nitrogen and oxygen atoms in total. The molecule has 24 heavy (non-hydrogen) atoms. The zero-order chi connectivity index (χ0) is 17.5. The number of anilines is 1. The molecule has 0 aliphatic carbocycles. The molecule has 1 aromatic rings. The van der Waals surface area contributed by atoms with Crippen molar-refractivity contribution >= 4 is 17.6 Å². The Kier molecular flexibility index (Phi) is 6.78. The zero-order valence-electron chi connectivity index (χ0n) is 14.9. The molecule has 7 heteroatoms. The van der Waals surface area contributed by atoms with Gasteiger partial charge in [0.2, 0.25) is 11.8 Å². The molecule has 134 valence electrons. The first kappa shape index (κ1) is 18.4. The number of carbonyl (C=O) groups is 2. The Bertz CT molecular complexity index is 546. The van der Waals surface area contributed by atoms with Gasteiger partial charge < -0.3 is 14.7 Å². The van der Waals surface area contributed by atoms with Gasteiger partial charge in [0.15, 0.2) is 5.82 Å². The third-order valence-corrected chi connectivity index (χ3v) is 4.57. The minimum absolute atomic E-state index is 0.0705. The summed E-state index contributed by atoms with van der Waals surface area (Å²) >= 11 is 0. The van der Waals surface area contributed by atoms with E-state index in [4.69, 9.17) is 4.52 Å². The molecular formula is C17H28N4O3. The van der Waals surface area contributed by atoms with Crippen molar-refractivity contribution in [3.05, 3.63) is 11.8 Å². The standard InChI is InChI=1S/C17H28N4O3/c1-4-14(5-2)17(23)21-10-8-20(9-11-21)7-6-16(22)18-15-12-13(3)24-19-15/h12,14H,4-11H2,1-3H3,(H,18,19,22). The number of piperazine rings is 1. The molecule has 0 saturated carbocycles. The SMILES string of the molecule is CCC(CC)C(=O)N1CCN(CCC(=O)Nc2cc(C)on2)CC1. The summed E-state index contributed by atoms with van der Waals surface area (Å²) in [4.78, 5) is 28.5. The van der Waals surface area contributed by atoms with E-state index in [1.54, 1.807) is 13.0 Å². The van der Waals surface area contributed by atoms with Crippen LogP contribution in [-0.2, 0) is 9.59 Å². The van der Waals surface area contributed by atoms with Crippen LogP contribution in [0.25, 0.3) is 0 Å². The van der Waals surface area contributed by atoms with Crippen LogP contribution in [0.2, 0.25) is 0 Å². The van der Waals surface area contributed by atoms with Gasteiger partial charge in [0, 0.05) is 51.1 Å². The number of hydrogen-bond donors (Lipinski definition) is 1. The molecule has 2 heterocycles. The fourth-order valence-corrected chi connectivity index (χ4v) is 2.98. The number of nitrogens with one attached hydrogen (secondary N) is 1. The van der Waals surface area contributed by atoms with Gasteiger partial charge in [-0.25, -0.2) is 0 Å². The van der Waals surface area contributed by atoms with Gasteiger partial charge in [0.05, 0.1) is 0 Å². The monoisotopic (exact) mass is 336 g/mol. The molecule has 1 aliphatic heterocycles. The maximum atomic E-state index is 12.4. The van der Waals surface area contributed by atoms with E-state index in [9.17, 15) is 9.59 Å². The zero-order valence-corrected chi connectivity index (χ0v) is 14.9. The molecule has 1 N–H and O–H groups in total. The highest BCUT2D eigenvalue weighted by Crippen LogP contribution is 2.14. The summed E-state index contributed by atoms with van der Waals surface area (Å²) in [5.41, 5.74) is 0. The molecule has 1 saturated heterocycles. The van der Waals surface area contributed by atoms with E-state index in [0.29, 0.717) is 24.5 Å². The molecule has 1 fully saturated rings. The first-order valence-corrected chi connectivity index (χ1v) is 8.77. The van der Waals surface area contributed by atoms with E-state index in [1.807, 2.05) is 4.90 Å². The highest BCUT2D eigenvalue weighted by atomic mass is 16.5. The van der Waals surface area contributed by atoms with Crippen LogP contribution < -0.4 is 5.32 Å². The summed E-state index contributed by atoms with van der Waals surface area (Å²) in [6.45, 7) is 9.75. The summed E-state index contributed by atoms with van der Waals surface area (Å²) in [6, 6.07) is 1.69. The largest absolute Gasteiger partial charge is 0.360 e. The molecule has 0 atom stereocenters. The Morgan fingerprint density at radius 2 is 1.92 bits per heavy atom. The number of carbonyl (C=O) groups excluding carboxylic acids is 2. The first-order chi connectivity index (χ1) is 11.5. The van der Waals surface area contributed by atoms with Crippen LogP contribution in [-0.4, -0.2) is 59.5 Å². The molecule has 2 rings (SSSR count). The van der Waals surface area contributed by atoms with Crippen molar-refractivity contribution < 1.29 is 14.1 Å². The summed E-state index contributed by atoms with van der Waals surface area (Å²) in [5.74, 6) is 1.48. The molecule has 0 aromatic carbocycles. The average molecular weight is 336 g/mol. The second-order valence-electron chi connectivity index (χ2n) is 6.30. The van der Waals surface area contributed by atoms with E-state index < -0.39 is 0 Å². The minimum Gasteiger partial charge on any atom is -0.360 e. The van der Waals surface area contributed by atoms with Gasteiger partial charge in [-0.15, -0.1) is 0 Å². The predicted octanol–water partition coefficient (Wildman–Crippen LogP) is 1.89. The highest BCUT2D eigenvalue weighted by Gasteiger charge is 2.25. The minimum atomic E-state index is -0.0705. The molecule has 0 spiro atoms. The van der Waals surface area contributed by atoms with Gasteiger partial charge in [0.25, 0.3) is 0 Å². The van der Waals surface area contributed by atoms with Crippen LogP contribution in [0.15, 0.2) is 10.6 Å². The Labute approximate surface area is 143 Å². The lowest BCUT2D eigenvalue weighted by atomic mass is 10.0. The molecule has 0 radical (unpaired) electrons. The quantitative estimate of drug-likeness (QED) is 0.822. The molecule has 1 aliphatic rings. The lowest BCUT2D eigenvalue weighted by molar-refractivity contribution is -0.137. The van der Waals surface area contributed by atoms with Crippen molar-refractivity contribution in [3.8, 4) is 0 Å². The van der Waals surface area contributed by atoms with Crippen molar-refractivity contribution in [3.63, 3.8) is 0 Å². The van der Waals surface area contributed by atoms with Gasteiger partial charge in [-0.3, -0.25) is 14.5 Å². The number of aryl methyl sites for hydroxylation is 1. The van der Waals surface area contributed by atoms with Gasteiger partial charge in [-0.2, -0.15) is 0 Å². The summed E-state index contributed by atoms with van der Waals surface area (Å²) in [7, 11) is 0. The lowest BCUT2D eigenvalue weighted by Gasteiger charge is -2.36. The fraction of sp³-hybridized carbons (Fsp3) is 0.706. The van der Waals surface area contributed by atoms with Gasteiger partial charge in [-0.05, 0) is 19.8 Å². The van der Waals surface area contributed by atoms with E-state index in [1.165, 1.54) is 0 Å². The van der Waals surface area contributed by atoms with E-state index in [-0.39, 0.29) is 17.7 Å². The van der Waals surface area contributed by atoms with Gasteiger partial charge in [0.1, 0.15) is 5.76 Å². The van der Waals surface area contributed by atoms with Crippen molar-refractivity contribution in [2.45, 2.75) is 40.0 Å². The van der Waals surface area contributed by atoms with Crippen molar-refractivity contribution in [2.75, 3.05) is 38.0 Å². The van der Waals surface area contributed by atoms with E-state index in [2.05, 4.69) is 29.2 Å². The third-order valence-electron chi connectivity index (χ3n) is 4.57. The summed E-state index contributed by atoms with van der Waals surface area (Å²) < 4.78 is 4.92. The van der Waals surface area contributed by atoms with E-state index >= 15 is 0 Å². The van der Waals surface area contributed by atoms with Crippen molar-refractivity contribution in [1.29, 1.82) is 0 Å². The van der Waals surface area contributed by atoms with E-state index in [0.717, 1.165) is 39.0 Å². The van der Waals surface area contributed by atoms with Crippen LogP contribution in [0.5, 0.6) is 0 Å². The Morgan fingerprint density at radius 1 is 1.25 bits per heavy atom. The van der Waals surface area contributed by atoms with Crippen LogP contribution in [0, 0.1) is 12.8 Å². The maximum Gasteiger partial charge on any atom is 0.226 e. The molecule has 2 amide bonds. The second-order valence-corrected chi connectivity index (χ2v) is 6.30. The van der Waals surface area contributed by atoms with Crippen LogP contribution in [0.4, 0.5) is 5.82 Å². The van der Waals surface area contributed by atoms with Gasteiger partial charge >= 0.3 is 0 Å². The molecule has 0 bridgehead atoms. The predicted molar refractivity (Wildman–Crippen MR) is 91.6 cm³/mol. The van der Waals surface area contributed by atoms with Crippen LogP contribution in [0.1, 0.15) is 38.9 Å². The average Bonchev–Trinajstić information content (AvgIpc) is 2.99. The van der Waals surface area contributed by atoms with Crippen molar-refractivity contribution in [1.82, 2.24) is 15.0 Å². The normalized spacial score (nSPS) is 15.8. The first-order valence-electron chi connectivity index (χ1n) is 8.77. The highest BCUT2D eigenvalue weighted by molar-refractivity contribution is 5.89. The molecular weight excluding hydrogens is 308 g/mol. The van der Waals surface area contributed by atoms with Crippen LogP contribution in [0.3, 0.4) is 0 Å². The Hall–Kier alpha value is -1.89. The topological polar surface area (TPSA) is 78.7 Å². The number of hydrogen-bond acceptors (Lipinski definition) is 5.